The molecular weight excluding hydrogens is 343 g/mol. The van der Waals surface area contributed by atoms with Crippen LogP contribution in [0.4, 0.5) is 35.1 Å². The Labute approximate surface area is 144 Å². The second kappa shape index (κ2) is 6.83. The summed E-state index contributed by atoms with van der Waals surface area (Å²) in [5, 5.41) is -6.33. The first-order valence-corrected chi connectivity index (χ1v) is 5.45. The summed E-state index contributed by atoms with van der Waals surface area (Å²) in [6.45, 7) is 0. The molecule has 0 amide bonds. The Bertz CT molecular complexity index is 392. The summed E-state index contributed by atoms with van der Waals surface area (Å²) in [5.74, 6) is -6.04. The van der Waals surface area contributed by atoms with Gasteiger partial charge in [-0.1, -0.05) is 0 Å². The molecule has 1 atom stereocenters. The molecule has 0 aromatic carbocycles. The van der Waals surface area contributed by atoms with Gasteiger partial charge in [0.05, 0.1) is 0 Å². The number of halogens is 8. The van der Waals surface area contributed by atoms with Crippen LogP contribution in [-0.4, -0.2) is 36.5 Å². The molecule has 0 fully saturated rings. The summed E-state index contributed by atoms with van der Waals surface area (Å²) >= 11 is 0. The fraction of sp³-hybridized carbons (Fsp3) is 1.00. The van der Waals surface area contributed by atoms with Gasteiger partial charge in [-0.25, -0.2) is 12.8 Å². The minimum Gasteiger partial charge on any atom is -0.743 e. The molecule has 0 aliphatic carbocycles. The molecule has 19 heavy (non-hydrogen) atoms. The van der Waals surface area contributed by atoms with Crippen LogP contribution in [0.15, 0.2) is 0 Å². The van der Waals surface area contributed by atoms with Crippen LogP contribution in [0.25, 0.3) is 0 Å². The SMILES string of the molecule is O=S(=O)([O-])C(F)(F)C(F)(F)C(F)CCC(F)(F)F.[K+]. The van der Waals surface area contributed by atoms with Gasteiger partial charge in [-0.3, -0.25) is 0 Å². The molecule has 0 saturated carbocycles. The van der Waals surface area contributed by atoms with E-state index in [1.165, 1.54) is 0 Å². The molecule has 0 rings (SSSR count). The largest absolute Gasteiger partial charge is 1.00 e. The second-order valence-corrected chi connectivity index (χ2v) is 4.64. The zero-order chi connectivity index (χ0) is 15.0. The van der Waals surface area contributed by atoms with E-state index in [9.17, 15) is 48.1 Å². The van der Waals surface area contributed by atoms with E-state index in [2.05, 4.69) is 0 Å². The van der Waals surface area contributed by atoms with Gasteiger partial charge in [0.2, 0.25) is 0 Å². The molecule has 0 spiro atoms. The van der Waals surface area contributed by atoms with Crippen molar-refractivity contribution in [2.24, 2.45) is 0 Å². The van der Waals surface area contributed by atoms with E-state index in [4.69, 9.17) is 0 Å². The maximum Gasteiger partial charge on any atom is 1.00 e. The van der Waals surface area contributed by atoms with Crippen LogP contribution in [-0.2, 0) is 10.1 Å². The maximum atomic E-state index is 12.6. The van der Waals surface area contributed by atoms with Crippen molar-refractivity contribution in [3.63, 3.8) is 0 Å². The molecule has 0 heterocycles. The number of hydrogen-bond donors (Lipinski definition) is 0. The Morgan fingerprint density at radius 1 is 1.00 bits per heavy atom. The summed E-state index contributed by atoms with van der Waals surface area (Å²) in [6, 6.07) is 0. The van der Waals surface area contributed by atoms with Crippen LogP contribution in [0.2, 0.25) is 0 Å². The summed E-state index contributed by atoms with van der Waals surface area (Å²) < 4.78 is 127. The zero-order valence-corrected chi connectivity index (χ0v) is 13.1. The van der Waals surface area contributed by atoms with E-state index in [1.54, 1.807) is 0 Å². The Kier molecular flexibility index (Phi) is 8.01. The summed E-state index contributed by atoms with van der Waals surface area (Å²) in [4.78, 5) is 0. The fourth-order valence-corrected chi connectivity index (χ4v) is 1.28. The smallest absolute Gasteiger partial charge is 0.743 e. The molecule has 0 saturated heterocycles. The molecule has 0 bridgehead atoms. The van der Waals surface area contributed by atoms with Crippen molar-refractivity contribution in [2.45, 2.75) is 36.4 Å². The molecule has 3 nitrogen and oxygen atoms in total. The Morgan fingerprint density at radius 2 is 1.37 bits per heavy atom. The normalized spacial score (nSPS) is 15.8. The third-order valence-corrected chi connectivity index (χ3v) is 2.68. The van der Waals surface area contributed by atoms with E-state index < -0.39 is 46.5 Å². The van der Waals surface area contributed by atoms with Gasteiger partial charge in [0.15, 0.2) is 16.3 Å². The molecule has 0 aliphatic heterocycles. The third kappa shape index (κ3) is 5.71. The first-order chi connectivity index (χ1) is 7.63. The molecule has 1 unspecified atom stereocenters. The van der Waals surface area contributed by atoms with E-state index in [0.717, 1.165) is 0 Å². The fourth-order valence-electron chi connectivity index (χ4n) is 0.821. The molecule has 0 aliphatic rings. The third-order valence-electron chi connectivity index (χ3n) is 1.78. The van der Waals surface area contributed by atoms with E-state index in [-0.39, 0.29) is 51.4 Å². The minimum absolute atomic E-state index is 0. The van der Waals surface area contributed by atoms with Crippen molar-refractivity contribution in [3.8, 4) is 0 Å². The van der Waals surface area contributed by atoms with Crippen LogP contribution in [0.3, 0.4) is 0 Å². The molecule has 13 heteroatoms. The molecule has 110 valence electrons. The number of hydrogen-bond acceptors (Lipinski definition) is 3. The Morgan fingerprint density at radius 3 is 1.63 bits per heavy atom. The van der Waals surface area contributed by atoms with Gasteiger partial charge < -0.3 is 4.55 Å². The van der Waals surface area contributed by atoms with Crippen LogP contribution in [0, 0.1) is 0 Å². The number of rotatable bonds is 5. The van der Waals surface area contributed by atoms with E-state index in [1.807, 2.05) is 0 Å². The summed E-state index contributed by atoms with van der Waals surface area (Å²) in [6.07, 6.45) is -13.5. The molecular formula is C6H5F8KO3S. The average Bonchev–Trinajstić information content (AvgIpc) is 2.10. The Balaban J connectivity index is 0. The predicted octanol–water partition coefficient (Wildman–Crippen LogP) is -0.556. The minimum atomic E-state index is -6.91. The van der Waals surface area contributed by atoms with Gasteiger partial charge in [-0.2, -0.15) is 30.7 Å². The van der Waals surface area contributed by atoms with Crippen molar-refractivity contribution < 1.29 is 99.5 Å². The molecule has 0 aromatic heterocycles. The standard InChI is InChI=1S/C6H6F8O3S.K/c7-3(1-2-4(8,9)10)5(11,12)6(13,14)18(15,16)17;/h3H,1-2H2,(H,15,16,17);/q;+1/p-1. The zero-order valence-electron chi connectivity index (χ0n) is 9.15. The summed E-state index contributed by atoms with van der Waals surface area (Å²) in [5.41, 5.74) is 0. The monoisotopic (exact) mass is 348 g/mol. The van der Waals surface area contributed by atoms with Crippen molar-refractivity contribution >= 4 is 10.1 Å². The van der Waals surface area contributed by atoms with Gasteiger partial charge in [-0.05, 0) is 6.42 Å². The van der Waals surface area contributed by atoms with Crippen molar-refractivity contribution in [1.82, 2.24) is 0 Å². The van der Waals surface area contributed by atoms with Gasteiger partial charge in [-0.15, -0.1) is 0 Å². The van der Waals surface area contributed by atoms with Crippen LogP contribution < -0.4 is 51.4 Å². The second-order valence-electron chi connectivity index (χ2n) is 3.22. The van der Waals surface area contributed by atoms with E-state index in [0.29, 0.717) is 0 Å². The van der Waals surface area contributed by atoms with Crippen molar-refractivity contribution in [1.29, 1.82) is 0 Å². The Hall–Kier alpha value is 0.986. The number of alkyl halides is 8. The predicted molar refractivity (Wildman–Crippen MR) is 39.8 cm³/mol. The first-order valence-electron chi connectivity index (χ1n) is 4.05. The van der Waals surface area contributed by atoms with Crippen LogP contribution in [0.1, 0.15) is 12.8 Å². The van der Waals surface area contributed by atoms with Gasteiger partial charge in [0.25, 0.3) is 0 Å². The van der Waals surface area contributed by atoms with Crippen LogP contribution >= 0.6 is 0 Å². The van der Waals surface area contributed by atoms with Gasteiger partial charge >= 0.3 is 68.7 Å². The van der Waals surface area contributed by atoms with Crippen molar-refractivity contribution in [2.75, 3.05) is 0 Å². The molecule has 0 radical (unpaired) electrons. The van der Waals surface area contributed by atoms with Gasteiger partial charge in [0, 0.05) is 6.42 Å². The van der Waals surface area contributed by atoms with Crippen molar-refractivity contribution in [3.05, 3.63) is 0 Å². The van der Waals surface area contributed by atoms with Crippen LogP contribution in [0.5, 0.6) is 0 Å². The maximum absolute atomic E-state index is 12.6. The summed E-state index contributed by atoms with van der Waals surface area (Å²) in [7, 11) is -6.91. The quantitative estimate of drug-likeness (QED) is 0.380. The van der Waals surface area contributed by atoms with Gasteiger partial charge in [0.1, 0.15) is 0 Å². The first kappa shape index (κ1) is 22.3. The molecule has 0 N–H and O–H groups in total. The van der Waals surface area contributed by atoms with E-state index >= 15 is 0 Å². The molecule has 0 aromatic rings. The average molecular weight is 348 g/mol. The topological polar surface area (TPSA) is 57.2 Å².